The number of carbonyl (C=O) groups is 2. The summed E-state index contributed by atoms with van der Waals surface area (Å²) in [5, 5.41) is 12.3. The van der Waals surface area contributed by atoms with Gasteiger partial charge in [-0.05, 0) is 60.9 Å². The van der Waals surface area contributed by atoms with E-state index in [4.69, 9.17) is 16.3 Å². The Morgan fingerprint density at radius 2 is 1.92 bits per heavy atom. The molecule has 1 aliphatic heterocycles. The van der Waals surface area contributed by atoms with Crippen molar-refractivity contribution in [1.82, 2.24) is 4.98 Å². The molecule has 1 fully saturated rings. The molecule has 1 aromatic heterocycles. The van der Waals surface area contributed by atoms with Crippen molar-refractivity contribution in [2.75, 3.05) is 11.5 Å². The van der Waals surface area contributed by atoms with Gasteiger partial charge < -0.3 is 9.84 Å². The summed E-state index contributed by atoms with van der Waals surface area (Å²) in [6, 6.07) is 18.8. The number of hydrogen-bond acceptors (Lipinski definition) is 6. The summed E-state index contributed by atoms with van der Waals surface area (Å²) >= 11 is 7.63. The minimum absolute atomic E-state index is 0.0200. The van der Waals surface area contributed by atoms with E-state index in [1.165, 1.54) is 16.2 Å². The van der Waals surface area contributed by atoms with Crippen molar-refractivity contribution in [3.8, 4) is 5.75 Å². The van der Waals surface area contributed by atoms with Gasteiger partial charge in [-0.25, -0.2) is 4.98 Å². The van der Waals surface area contributed by atoms with Gasteiger partial charge in [0.1, 0.15) is 11.5 Å². The number of unbranched alkanes of at least 4 members (excludes halogenated alkanes) is 1. The number of benzene rings is 3. The average molecular weight is 533 g/mol. The van der Waals surface area contributed by atoms with E-state index in [1.54, 1.807) is 48.5 Å². The van der Waals surface area contributed by atoms with E-state index in [0.29, 0.717) is 33.6 Å². The normalized spacial score (nSPS) is 17.1. The maximum Gasteiger partial charge on any atom is 0.301 e. The van der Waals surface area contributed by atoms with E-state index >= 15 is 0 Å². The van der Waals surface area contributed by atoms with Crippen LogP contribution in [-0.4, -0.2) is 28.4 Å². The van der Waals surface area contributed by atoms with E-state index < -0.39 is 17.7 Å². The van der Waals surface area contributed by atoms with Crippen LogP contribution in [0.5, 0.6) is 5.75 Å². The van der Waals surface area contributed by atoms with E-state index in [9.17, 15) is 14.7 Å². The van der Waals surface area contributed by atoms with Crippen LogP contribution in [0.4, 0.5) is 5.13 Å². The first kappa shape index (κ1) is 25.0. The van der Waals surface area contributed by atoms with Gasteiger partial charge in [0, 0.05) is 10.6 Å². The number of rotatable bonds is 7. The van der Waals surface area contributed by atoms with E-state index in [2.05, 4.69) is 11.9 Å². The highest BCUT2D eigenvalue weighted by atomic mass is 35.5. The van der Waals surface area contributed by atoms with E-state index in [1.807, 2.05) is 25.1 Å². The molecule has 0 radical (unpaired) electrons. The number of aromatic nitrogens is 1. The second-order valence-electron chi connectivity index (χ2n) is 8.92. The van der Waals surface area contributed by atoms with Crippen LogP contribution >= 0.6 is 22.9 Å². The lowest BCUT2D eigenvalue weighted by molar-refractivity contribution is -0.132. The number of carbonyl (C=O) groups excluding carboxylic acids is 2. The first-order valence-corrected chi connectivity index (χ1v) is 13.2. The maximum atomic E-state index is 13.4. The predicted molar refractivity (Wildman–Crippen MR) is 147 cm³/mol. The molecular formula is C29H25ClN2O4S. The van der Waals surface area contributed by atoms with Crippen LogP contribution < -0.4 is 9.64 Å². The zero-order valence-electron chi connectivity index (χ0n) is 20.4. The molecule has 0 spiro atoms. The van der Waals surface area contributed by atoms with Crippen LogP contribution in [0.15, 0.2) is 72.3 Å². The van der Waals surface area contributed by atoms with Crippen molar-refractivity contribution < 1.29 is 19.4 Å². The van der Waals surface area contributed by atoms with Crippen LogP contribution in [0, 0.1) is 6.92 Å². The highest BCUT2D eigenvalue weighted by molar-refractivity contribution is 7.22. The van der Waals surface area contributed by atoms with Gasteiger partial charge in [0.05, 0.1) is 28.4 Å². The summed E-state index contributed by atoms with van der Waals surface area (Å²) in [5.74, 6) is -1.23. The first-order chi connectivity index (χ1) is 17.9. The Labute approximate surface area is 223 Å². The monoisotopic (exact) mass is 532 g/mol. The number of nitrogens with zero attached hydrogens (tertiary/aromatic N) is 2. The van der Waals surface area contributed by atoms with Crippen LogP contribution in [0.1, 0.15) is 42.5 Å². The Bertz CT molecular complexity index is 1540. The summed E-state index contributed by atoms with van der Waals surface area (Å²) in [4.78, 5) is 32.9. The molecule has 1 saturated heterocycles. The highest BCUT2D eigenvalue weighted by Gasteiger charge is 2.48. The van der Waals surface area contributed by atoms with Gasteiger partial charge in [0.25, 0.3) is 5.78 Å². The van der Waals surface area contributed by atoms with E-state index in [-0.39, 0.29) is 11.3 Å². The van der Waals surface area contributed by atoms with Gasteiger partial charge in [-0.2, -0.15) is 0 Å². The largest absolute Gasteiger partial charge is 0.507 e. The molecule has 5 rings (SSSR count). The number of Topliss-reactive ketones (excluding diaryl/α,β-unsaturated/α-hetero) is 1. The molecule has 6 nitrogen and oxygen atoms in total. The maximum absolute atomic E-state index is 13.4. The van der Waals surface area contributed by atoms with Gasteiger partial charge in [-0.15, -0.1) is 0 Å². The molecule has 1 unspecified atom stereocenters. The summed E-state index contributed by atoms with van der Waals surface area (Å²) < 4.78 is 6.69. The molecule has 1 amide bonds. The standard InChI is InChI=1S/C29H25ClN2O4S/c1-3-4-13-36-21-10-6-8-19(16-21)26(33)24-25(18-7-5-9-20(30)15-18)32(28(35)27(24)34)29-31-22-12-11-17(2)14-23(22)37-29/h5-12,14-16,25,33H,3-4,13H2,1-2H3/b26-24+. The number of anilines is 1. The quantitative estimate of drug-likeness (QED) is 0.119. The Hall–Kier alpha value is -3.68. The molecule has 1 aliphatic rings. The number of aliphatic hydroxyl groups excluding tert-OH is 1. The number of halogens is 1. The average Bonchev–Trinajstić information content (AvgIpc) is 3.41. The fourth-order valence-corrected chi connectivity index (χ4v) is 5.66. The van der Waals surface area contributed by atoms with Crippen molar-refractivity contribution in [2.24, 2.45) is 0 Å². The number of ether oxygens (including phenoxy) is 1. The van der Waals surface area contributed by atoms with E-state index in [0.717, 1.165) is 28.6 Å². The van der Waals surface area contributed by atoms with Crippen molar-refractivity contribution in [2.45, 2.75) is 32.7 Å². The van der Waals surface area contributed by atoms with Crippen LogP contribution in [0.2, 0.25) is 5.02 Å². The third kappa shape index (κ3) is 4.84. The smallest absolute Gasteiger partial charge is 0.301 e. The lowest BCUT2D eigenvalue weighted by Crippen LogP contribution is -2.29. The zero-order chi connectivity index (χ0) is 26.1. The second kappa shape index (κ2) is 10.4. The first-order valence-electron chi connectivity index (χ1n) is 12.0. The number of amides is 1. The number of thiazole rings is 1. The summed E-state index contributed by atoms with van der Waals surface area (Å²) in [6.07, 6.45) is 1.89. The minimum Gasteiger partial charge on any atom is -0.507 e. The van der Waals surface area contributed by atoms with Gasteiger partial charge in [-0.1, -0.05) is 66.6 Å². The molecule has 1 N–H and O–H groups in total. The van der Waals surface area contributed by atoms with Crippen molar-refractivity contribution in [3.05, 3.63) is 94.0 Å². The van der Waals surface area contributed by atoms with Gasteiger partial charge in [0.15, 0.2) is 5.13 Å². The summed E-state index contributed by atoms with van der Waals surface area (Å²) in [5.41, 5.74) is 2.76. The molecule has 2 heterocycles. The number of aryl methyl sites for hydroxylation is 1. The number of ketones is 1. The number of hydrogen-bond donors (Lipinski definition) is 1. The molecule has 0 bridgehead atoms. The molecular weight excluding hydrogens is 508 g/mol. The van der Waals surface area contributed by atoms with Gasteiger partial charge >= 0.3 is 5.91 Å². The van der Waals surface area contributed by atoms with Crippen molar-refractivity contribution >= 4 is 55.7 Å². The molecule has 1 atom stereocenters. The fourth-order valence-electron chi connectivity index (χ4n) is 4.37. The molecule has 3 aromatic carbocycles. The summed E-state index contributed by atoms with van der Waals surface area (Å²) in [6.45, 7) is 4.61. The SMILES string of the molecule is CCCCOc1cccc(/C(O)=C2\C(=O)C(=O)N(c3nc4ccc(C)cc4s3)C2c2cccc(Cl)c2)c1. The van der Waals surface area contributed by atoms with Crippen molar-refractivity contribution in [3.63, 3.8) is 0 Å². The van der Waals surface area contributed by atoms with Crippen LogP contribution in [0.3, 0.4) is 0 Å². The van der Waals surface area contributed by atoms with Crippen LogP contribution in [0.25, 0.3) is 16.0 Å². The Kier molecular flexibility index (Phi) is 7.00. The predicted octanol–water partition coefficient (Wildman–Crippen LogP) is 7.06. The molecule has 0 aliphatic carbocycles. The third-order valence-electron chi connectivity index (χ3n) is 6.22. The number of fused-ring (bicyclic) bond motifs is 1. The molecule has 188 valence electrons. The lowest BCUT2D eigenvalue weighted by atomic mass is 9.95. The Balaban J connectivity index is 1.65. The van der Waals surface area contributed by atoms with Crippen LogP contribution in [-0.2, 0) is 9.59 Å². The fraction of sp³-hybridized carbons (Fsp3) is 0.207. The van der Waals surface area contributed by atoms with Crippen molar-refractivity contribution in [1.29, 1.82) is 0 Å². The molecule has 37 heavy (non-hydrogen) atoms. The van der Waals surface area contributed by atoms with Gasteiger partial charge in [-0.3, -0.25) is 14.5 Å². The second-order valence-corrected chi connectivity index (χ2v) is 10.4. The minimum atomic E-state index is -0.898. The third-order valence-corrected chi connectivity index (χ3v) is 7.47. The highest BCUT2D eigenvalue weighted by Crippen LogP contribution is 2.44. The Morgan fingerprint density at radius 1 is 1.11 bits per heavy atom. The van der Waals surface area contributed by atoms with Gasteiger partial charge in [0.2, 0.25) is 0 Å². The molecule has 0 saturated carbocycles. The summed E-state index contributed by atoms with van der Waals surface area (Å²) in [7, 11) is 0. The molecule has 4 aromatic rings. The topological polar surface area (TPSA) is 79.7 Å². The Morgan fingerprint density at radius 3 is 2.70 bits per heavy atom. The lowest BCUT2D eigenvalue weighted by Gasteiger charge is -2.23. The number of aliphatic hydroxyl groups is 1. The zero-order valence-corrected chi connectivity index (χ0v) is 22.0. The molecule has 8 heteroatoms.